The molecule has 3 heterocycles. The number of likely N-dealkylation sites (tertiary alicyclic amines) is 1. The van der Waals surface area contributed by atoms with Crippen LogP contribution in [0.15, 0.2) is 24.3 Å². The first kappa shape index (κ1) is 21.6. The van der Waals surface area contributed by atoms with Crippen molar-refractivity contribution in [3.05, 3.63) is 46.9 Å². The van der Waals surface area contributed by atoms with Gasteiger partial charge < -0.3 is 19.9 Å². The zero-order valence-corrected chi connectivity index (χ0v) is 18.9. The largest absolute Gasteiger partial charge is 0.497 e. The summed E-state index contributed by atoms with van der Waals surface area (Å²) in [6.07, 6.45) is 3.87. The van der Waals surface area contributed by atoms with Gasteiger partial charge in [0.2, 0.25) is 5.91 Å². The van der Waals surface area contributed by atoms with Crippen molar-refractivity contribution < 1.29 is 9.53 Å². The van der Waals surface area contributed by atoms with E-state index in [9.17, 15) is 4.79 Å². The van der Waals surface area contributed by atoms with Gasteiger partial charge in [-0.25, -0.2) is 9.97 Å². The Morgan fingerprint density at radius 3 is 2.97 bits per heavy atom. The van der Waals surface area contributed by atoms with Gasteiger partial charge in [0.1, 0.15) is 17.4 Å². The number of carbonyl (C=O) groups excluding carboxylic acids is 1. The van der Waals surface area contributed by atoms with E-state index in [1.165, 1.54) is 11.1 Å². The van der Waals surface area contributed by atoms with Crippen LogP contribution >= 0.6 is 0 Å². The van der Waals surface area contributed by atoms with Crippen molar-refractivity contribution in [2.45, 2.75) is 45.1 Å². The summed E-state index contributed by atoms with van der Waals surface area (Å²) in [7, 11) is 3.84. The minimum atomic E-state index is 0.140. The van der Waals surface area contributed by atoms with Crippen LogP contribution in [0.3, 0.4) is 0 Å². The van der Waals surface area contributed by atoms with E-state index >= 15 is 0 Å². The number of amides is 1. The summed E-state index contributed by atoms with van der Waals surface area (Å²) in [5.74, 6) is 3.07. The van der Waals surface area contributed by atoms with Crippen molar-refractivity contribution in [3.63, 3.8) is 0 Å². The molecular weight excluding hydrogens is 390 g/mol. The van der Waals surface area contributed by atoms with Crippen molar-refractivity contribution >= 4 is 11.7 Å². The number of nitrogens with one attached hydrogen (secondary N) is 1. The fourth-order valence-electron chi connectivity index (χ4n) is 4.52. The molecule has 0 unspecified atom stereocenters. The topological polar surface area (TPSA) is 70.6 Å². The van der Waals surface area contributed by atoms with Gasteiger partial charge in [0.25, 0.3) is 0 Å². The standard InChI is InChI=1S/C24H33N5O2/c1-17(30)29-12-5-7-19(15-29)23-26-22-10-13-28(2)16-21(22)24(27-23)25-11-9-18-6-4-8-20(14-18)31-3/h4,6,8,14,19H,5,7,9-13,15-16H2,1-3H3,(H,25,26,27)/t19-/m0/s1. The molecule has 0 radical (unpaired) electrons. The molecule has 0 spiro atoms. The van der Waals surface area contributed by atoms with E-state index < -0.39 is 0 Å². The van der Waals surface area contributed by atoms with Crippen LogP contribution in [0.25, 0.3) is 0 Å². The molecule has 1 N–H and O–H groups in total. The Labute approximate surface area is 184 Å². The lowest BCUT2D eigenvalue weighted by Gasteiger charge is -2.32. The number of methoxy groups -OCH3 is 1. The van der Waals surface area contributed by atoms with Gasteiger partial charge in [-0.1, -0.05) is 12.1 Å². The Morgan fingerprint density at radius 2 is 2.16 bits per heavy atom. The van der Waals surface area contributed by atoms with E-state index in [1.807, 2.05) is 17.0 Å². The van der Waals surface area contributed by atoms with Crippen LogP contribution in [0.2, 0.25) is 0 Å². The van der Waals surface area contributed by atoms with Gasteiger partial charge in [0, 0.05) is 57.5 Å². The van der Waals surface area contributed by atoms with E-state index in [4.69, 9.17) is 14.7 Å². The Kier molecular flexibility index (Phi) is 6.70. The summed E-state index contributed by atoms with van der Waals surface area (Å²) >= 11 is 0. The molecule has 2 aliphatic rings. The van der Waals surface area contributed by atoms with Crippen molar-refractivity contribution in [1.29, 1.82) is 0 Å². The lowest BCUT2D eigenvalue weighted by molar-refractivity contribution is -0.130. The average molecular weight is 424 g/mol. The third-order valence-corrected chi connectivity index (χ3v) is 6.34. The van der Waals surface area contributed by atoms with Crippen LogP contribution in [-0.2, 0) is 24.2 Å². The molecule has 1 atom stereocenters. The zero-order valence-electron chi connectivity index (χ0n) is 18.9. The summed E-state index contributed by atoms with van der Waals surface area (Å²) in [6.45, 7) is 5.88. The highest BCUT2D eigenvalue weighted by Gasteiger charge is 2.28. The van der Waals surface area contributed by atoms with Crippen LogP contribution in [-0.4, -0.2) is 66.0 Å². The number of benzene rings is 1. The molecule has 2 aromatic rings. The normalized spacial score (nSPS) is 19.1. The molecule has 1 aromatic heterocycles. The second-order valence-electron chi connectivity index (χ2n) is 8.68. The number of piperidine rings is 1. The van der Waals surface area contributed by atoms with E-state index in [0.717, 1.165) is 81.5 Å². The van der Waals surface area contributed by atoms with Crippen LogP contribution in [0, 0.1) is 0 Å². The van der Waals surface area contributed by atoms with Crippen molar-refractivity contribution in [2.75, 3.05) is 45.7 Å². The second-order valence-corrected chi connectivity index (χ2v) is 8.68. The van der Waals surface area contributed by atoms with Gasteiger partial charge in [-0.2, -0.15) is 0 Å². The molecule has 31 heavy (non-hydrogen) atoms. The van der Waals surface area contributed by atoms with Gasteiger partial charge in [-0.05, 0) is 44.0 Å². The average Bonchev–Trinajstić information content (AvgIpc) is 2.79. The van der Waals surface area contributed by atoms with E-state index in [1.54, 1.807) is 14.0 Å². The number of hydrogen-bond acceptors (Lipinski definition) is 6. The van der Waals surface area contributed by atoms with Crippen molar-refractivity contribution in [2.24, 2.45) is 0 Å². The summed E-state index contributed by atoms with van der Waals surface area (Å²) in [6, 6.07) is 8.19. The van der Waals surface area contributed by atoms with Crippen molar-refractivity contribution in [1.82, 2.24) is 19.8 Å². The lowest BCUT2D eigenvalue weighted by Crippen LogP contribution is -2.38. The van der Waals surface area contributed by atoms with Gasteiger partial charge in [-0.3, -0.25) is 4.79 Å². The molecule has 166 valence electrons. The molecule has 2 aliphatic heterocycles. The second kappa shape index (κ2) is 9.64. The number of fused-ring (bicyclic) bond motifs is 1. The maximum absolute atomic E-state index is 11.9. The molecule has 7 nitrogen and oxygen atoms in total. The highest BCUT2D eigenvalue weighted by atomic mass is 16.5. The maximum Gasteiger partial charge on any atom is 0.219 e. The zero-order chi connectivity index (χ0) is 21.8. The molecule has 0 bridgehead atoms. The van der Waals surface area contributed by atoms with Crippen molar-refractivity contribution in [3.8, 4) is 5.75 Å². The lowest BCUT2D eigenvalue weighted by atomic mass is 9.96. The molecule has 7 heteroatoms. The van der Waals surface area contributed by atoms with Crippen LogP contribution < -0.4 is 10.1 Å². The first-order valence-electron chi connectivity index (χ1n) is 11.2. The minimum absolute atomic E-state index is 0.140. The number of anilines is 1. The maximum atomic E-state index is 11.9. The predicted molar refractivity (Wildman–Crippen MR) is 121 cm³/mol. The molecule has 1 amide bonds. The number of carbonyl (C=O) groups is 1. The predicted octanol–water partition coefficient (Wildman–Crippen LogP) is 2.85. The molecular formula is C24H33N5O2. The van der Waals surface area contributed by atoms with Gasteiger partial charge in [-0.15, -0.1) is 0 Å². The fraction of sp³-hybridized carbons (Fsp3) is 0.542. The van der Waals surface area contributed by atoms with Gasteiger partial charge in [0.05, 0.1) is 12.8 Å². The Morgan fingerprint density at radius 1 is 1.29 bits per heavy atom. The van der Waals surface area contributed by atoms with E-state index in [-0.39, 0.29) is 11.8 Å². The highest BCUT2D eigenvalue weighted by molar-refractivity contribution is 5.73. The third-order valence-electron chi connectivity index (χ3n) is 6.34. The van der Waals surface area contributed by atoms with Crippen LogP contribution in [0.1, 0.15) is 48.3 Å². The monoisotopic (exact) mass is 423 g/mol. The third kappa shape index (κ3) is 5.15. The number of hydrogen-bond donors (Lipinski definition) is 1. The summed E-state index contributed by atoms with van der Waals surface area (Å²) in [4.78, 5) is 26.1. The van der Waals surface area contributed by atoms with Crippen LogP contribution in [0.4, 0.5) is 5.82 Å². The van der Waals surface area contributed by atoms with E-state index in [0.29, 0.717) is 0 Å². The Bertz CT molecular complexity index is 932. The first-order valence-corrected chi connectivity index (χ1v) is 11.2. The molecule has 1 saturated heterocycles. The number of aromatic nitrogens is 2. The molecule has 0 aliphatic carbocycles. The SMILES string of the molecule is COc1cccc(CCNc2nc([C@H]3CCCN(C(C)=O)C3)nc3c2CN(C)CC3)c1. The molecule has 0 saturated carbocycles. The minimum Gasteiger partial charge on any atom is -0.497 e. The highest BCUT2D eigenvalue weighted by Crippen LogP contribution is 2.29. The van der Waals surface area contributed by atoms with Gasteiger partial charge in [0.15, 0.2) is 0 Å². The van der Waals surface area contributed by atoms with E-state index in [2.05, 4.69) is 29.4 Å². The molecule has 1 fully saturated rings. The molecule has 1 aromatic carbocycles. The summed E-state index contributed by atoms with van der Waals surface area (Å²) in [5, 5.41) is 3.59. The summed E-state index contributed by atoms with van der Waals surface area (Å²) < 4.78 is 5.34. The van der Waals surface area contributed by atoms with Crippen LogP contribution in [0.5, 0.6) is 5.75 Å². The first-order chi connectivity index (χ1) is 15.0. The number of rotatable bonds is 6. The number of ether oxygens (including phenoxy) is 1. The quantitative estimate of drug-likeness (QED) is 0.771. The summed E-state index contributed by atoms with van der Waals surface area (Å²) in [5.41, 5.74) is 3.60. The fourth-order valence-corrected chi connectivity index (χ4v) is 4.52. The number of nitrogens with zero attached hydrogens (tertiary/aromatic N) is 4. The smallest absolute Gasteiger partial charge is 0.219 e. The van der Waals surface area contributed by atoms with Gasteiger partial charge >= 0.3 is 0 Å². The Hall–Kier alpha value is -2.67. The Balaban J connectivity index is 1.53. The number of likely N-dealkylation sites (N-methyl/N-ethyl adjacent to an activating group) is 1. The molecule has 4 rings (SSSR count).